The maximum atomic E-state index is 13.1. The number of para-hydroxylation sites is 1. The van der Waals surface area contributed by atoms with Gasteiger partial charge in [-0.05, 0) is 55.9 Å². The molecule has 1 N–H and O–H groups in total. The van der Waals surface area contributed by atoms with Crippen LogP contribution in [0, 0.1) is 5.41 Å². The molecule has 3 saturated heterocycles. The highest BCUT2D eigenvalue weighted by Crippen LogP contribution is 2.45. The molecule has 4 aliphatic heterocycles. The Bertz CT molecular complexity index is 797. The number of rotatable bonds is 3. The highest BCUT2D eigenvalue weighted by molar-refractivity contribution is 5.93. The Morgan fingerprint density at radius 3 is 2.31 bits per heavy atom. The molecule has 2 amide bonds. The molecule has 4 nitrogen and oxygen atoms in total. The van der Waals surface area contributed by atoms with Crippen LogP contribution in [0.5, 0.6) is 0 Å². The number of fused-ring (bicyclic) bond motifs is 4. The molecule has 1 atom stereocenters. The van der Waals surface area contributed by atoms with E-state index in [1.165, 1.54) is 50.0 Å². The quantitative estimate of drug-likeness (QED) is 0.907. The van der Waals surface area contributed by atoms with Gasteiger partial charge in [0, 0.05) is 17.8 Å². The van der Waals surface area contributed by atoms with Crippen LogP contribution >= 0.6 is 0 Å². The average molecular weight is 347 g/mol. The van der Waals surface area contributed by atoms with Gasteiger partial charge in [-0.3, -0.25) is 0 Å². The Morgan fingerprint density at radius 1 is 0.923 bits per heavy atom. The molecule has 2 aromatic rings. The van der Waals surface area contributed by atoms with Crippen LogP contribution in [0.15, 0.2) is 54.6 Å². The smallest absolute Gasteiger partial charge is 0.313 e. The van der Waals surface area contributed by atoms with Gasteiger partial charge in [0.1, 0.15) is 0 Å². The highest BCUT2D eigenvalue weighted by Gasteiger charge is 2.44. The van der Waals surface area contributed by atoms with Crippen molar-refractivity contribution in [2.75, 3.05) is 31.5 Å². The first kappa shape index (κ1) is 15.9. The summed E-state index contributed by atoms with van der Waals surface area (Å²) in [7, 11) is 0. The fourth-order valence-electron chi connectivity index (χ4n) is 4.97. The van der Waals surface area contributed by atoms with E-state index in [2.05, 4.69) is 51.5 Å². The molecule has 2 bridgehead atoms. The Hall–Kier alpha value is -2.33. The summed E-state index contributed by atoms with van der Waals surface area (Å²) in [6.07, 6.45) is 3.62. The molecule has 0 radical (unpaired) electrons. The second-order valence-corrected chi connectivity index (χ2v) is 8.05. The maximum Gasteiger partial charge on any atom is 0.322 e. The van der Waals surface area contributed by atoms with Gasteiger partial charge in [0.15, 0.2) is 0 Å². The van der Waals surface area contributed by atoms with Crippen LogP contribution < -0.4 is 5.32 Å². The fourth-order valence-corrected chi connectivity index (χ4v) is 4.97. The van der Waals surface area contributed by atoms with Gasteiger partial charge in [0.2, 0.25) is 0 Å². The Balaban J connectivity index is 1.55. The van der Waals surface area contributed by atoms with Gasteiger partial charge in [-0.15, -0.1) is 0 Å². The van der Waals surface area contributed by atoms with Gasteiger partial charge in [-0.25, -0.2) is 4.79 Å². The predicted octanol–water partition coefficient (Wildman–Crippen LogP) is 4.11. The van der Waals surface area contributed by atoms with Crippen LogP contribution in [-0.4, -0.2) is 42.0 Å². The molecule has 26 heavy (non-hydrogen) atoms. The third kappa shape index (κ3) is 2.60. The molecule has 4 heteroatoms. The van der Waals surface area contributed by atoms with Gasteiger partial charge in [0.05, 0.1) is 6.04 Å². The minimum absolute atomic E-state index is 0.00418. The van der Waals surface area contributed by atoms with Gasteiger partial charge in [-0.1, -0.05) is 48.5 Å². The highest BCUT2D eigenvalue weighted by atomic mass is 16.2. The number of carbonyl (C=O) groups excluding carboxylic acids is 1. The van der Waals surface area contributed by atoms with Crippen molar-refractivity contribution in [2.45, 2.75) is 25.3 Å². The number of nitrogens with one attached hydrogen (secondary N) is 1. The number of hydrogen-bond acceptors (Lipinski definition) is 2. The minimum atomic E-state index is -0.00418. The van der Waals surface area contributed by atoms with Gasteiger partial charge < -0.3 is 15.1 Å². The maximum absolute atomic E-state index is 13.1. The normalized spacial score (nSPS) is 30.0. The molecular formula is C22H25N3O. The first-order valence-corrected chi connectivity index (χ1v) is 9.68. The van der Waals surface area contributed by atoms with Gasteiger partial charge in [0.25, 0.3) is 0 Å². The van der Waals surface area contributed by atoms with Gasteiger partial charge in [-0.2, -0.15) is 0 Å². The number of nitrogens with zero attached hydrogens (tertiary/aromatic N) is 2. The minimum Gasteiger partial charge on any atom is -0.313 e. The second-order valence-electron chi connectivity index (χ2n) is 8.05. The molecule has 1 unspecified atom stereocenters. The zero-order valence-corrected chi connectivity index (χ0v) is 15.0. The van der Waals surface area contributed by atoms with E-state index in [0.29, 0.717) is 0 Å². The predicted molar refractivity (Wildman–Crippen MR) is 103 cm³/mol. The molecule has 2 aromatic carbocycles. The summed E-state index contributed by atoms with van der Waals surface area (Å²) >= 11 is 0. The van der Waals surface area contributed by atoms with Crippen LogP contribution in [0.4, 0.5) is 10.5 Å². The first-order valence-electron chi connectivity index (χ1n) is 9.68. The van der Waals surface area contributed by atoms with E-state index >= 15 is 0 Å². The number of piperidine rings is 3. The summed E-state index contributed by atoms with van der Waals surface area (Å²) in [6, 6.07) is 18.7. The van der Waals surface area contributed by atoms with E-state index in [4.69, 9.17) is 0 Å². The lowest BCUT2D eigenvalue weighted by Crippen LogP contribution is -2.55. The average Bonchev–Trinajstić information content (AvgIpc) is 2.70. The Kier molecular flexibility index (Phi) is 3.75. The van der Waals surface area contributed by atoms with Crippen molar-refractivity contribution in [3.63, 3.8) is 0 Å². The van der Waals surface area contributed by atoms with Crippen molar-refractivity contribution >= 4 is 11.7 Å². The van der Waals surface area contributed by atoms with Crippen molar-refractivity contribution in [1.29, 1.82) is 0 Å². The fraction of sp³-hybridized carbons (Fsp3) is 0.409. The van der Waals surface area contributed by atoms with Crippen LogP contribution in [0.1, 0.15) is 36.4 Å². The summed E-state index contributed by atoms with van der Waals surface area (Å²) in [4.78, 5) is 17.7. The van der Waals surface area contributed by atoms with Crippen LogP contribution in [-0.2, 0) is 0 Å². The summed E-state index contributed by atoms with van der Waals surface area (Å²) in [5, 5.41) is 3.13. The van der Waals surface area contributed by atoms with Crippen molar-refractivity contribution in [1.82, 2.24) is 9.80 Å². The topological polar surface area (TPSA) is 35.6 Å². The molecule has 3 fully saturated rings. The van der Waals surface area contributed by atoms with Crippen LogP contribution in [0.25, 0.3) is 0 Å². The summed E-state index contributed by atoms with van der Waals surface area (Å²) in [6.45, 7) is 4.40. The molecule has 0 saturated carbocycles. The van der Waals surface area contributed by atoms with E-state index in [1.54, 1.807) is 0 Å². The number of benzene rings is 2. The van der Waals surface area contributed by atoms with Crippen molar-refractivity contribution < 1.29 is 4.79 Å². The molecule has 4 heterocycles. The molecule has 0 aromatic heterocycles. The van der Waals surface area contributed by atoms with Crippen molar-refractivity contribution in [3.8, 4) is 0 Å². The van der Waals surface area contributed by atoms with Crippen LogP contribution in [0.2, 0.25) is 0 Å². The SMILES string of the molecule is O=C1Nc2ccccc2C(c2ccccc2)N1CC12CCN(CC1)CC2. The summed E-state index contributed by atoms with van der Waals surface area (Å²) < 4.78 is 0. The van der Waals surface area contributed by atoms with E-state index in [0.717, 1.165) is 12.2 Å². The lowest BCUT2D eigenvalue weighted by Gasteiger charge is -2.52. The van der Waals surface area contributed by atoms with E-state index in [1.807, 2.05) is 18.2 Å². The Morgan fingerprint density at radius 2 is 1.58 bits per heavy atom. The molecule has 6 rings (SSSR count). The van der Waals surface area contributed by atoms with Gasteiger partial charge >= 0.3 is 6.03 Å². The second kappa shape index (κ2) is 6.13. The van der Waals surface area contributed by atoms with Crippen LogP contribution in [0.3, 0.4) is 0 Å². The Labute approximate surface area is 154 Å². The van der Waals surface area contributed by atoms with E-state index < -0.39 is 0 Å². The lowest BCUT2D eigenvalue weighted by molar-refractivity contribution is 0.00267. The third-order valence-electron chi connectivity index (χ3n) is 6.57. The molecule has 0 aliphatic carbocycles. The van der Waals surface area contributed by atoms with E-state index in [-0.39, 0.29) is 17.5 Å². The summed E-state index contributed by atoms with van der Waals surface area (Å²) in [5.74, 6) is 0. The number of urea groups is 1. The number of amides is 2. The number of hydrogen-bond donors (Lipinski definition) is 1. The third-order valence-corrected chi connectivity index (χ3v) is 6.57. The first-order chi connectivity index (χ1) is 12.7. The van der Waals surface area contributed by atoms with Crippen molar-refractivity contribution in [2.24, 2.45) is 5.41 Å². The number of anilines is 1. The lowest BCUT2D eigenvalue weighted by atomic mass is 9.71. The molecular weight excluding hydrogens is 322 g/mol. The number of carbonyl (C=O) groups is 1. The van der Waals surface area contributed by atoms with Crippen molar-refractivity contribution in [3.05, 3.63) is 65.7 Å². The molecule has 4 aliphatic rings. The standard InChI is InChI=1S/C22H25N3O/c26-21-23-19-9-5-4-8-18(19)20(17-6-2-1-3-7-17)25(21)16-22-10-13-24(14-11-22)15-12-22/h1-9,20H,10-16H2,(H,23,26). The molecule has 134 valence electrons. The molecule has 0 spiro atoms. The summed E-state index contributed by atoms with van der Waals surface area (Å²) in [5.41, 5.74) is 3.62. The largest absolute Gasteiger partial charge is 0.322 e. The monoisotopic (exact) mass is 347 g/mol. The van der Waals surface area contributed by atoms with E-state index in [9.17, 15) is 4.79 Å². The zero-order chi connectivity index (χ0) is 17.6. The zero-order valence-electron chi connectivity index (χ0n) is 15.0.